The molecule has 0 aromatic heterocycles. The second kappa shape index (κ2) is 19.3. The van der Waals surface area contributed by atoms with E-state index < -0.39 is 72.4 Å². The minimum Gasteiger partial charge on any atom is -0.479 e. The van der Waals surface area contributed by atoms with Crippen LogP contribution < -0.4 is 0 Å². The molecule has 0 saturated heterocycles. The van der Waals surface area contributed by atoms with Gasteiger partial charge in [0.15, 0.2) is 36.6 Å². The molecule has 0 heterocycles. The summed E-state index contributed by atoms with van der Waals surface area (Å²) in [5, 5.41) is 97.6. The van der Waals surface area contributed by atoms with Gasteiger partial charge >= 0.3 is 35.8 Å². The second-order valence-corrected chi connectivity index (χ2v) is 4.70. The van der Waals surface area contributed by atoms with Gasteiger partial charge in [-0.25, -0.2) is 28.8 Å². The molecule has 0 aliphatic rings. The zero-order valence-corrected chi connectivity index (χ0v) is 17.0. The van der Waals surface area contributed by atoms with Gasteiger partial charge in [0.1, 0.15) is 0 Å². The quantitative estimate of drug-likeness (QED) is 0.123. The van der Waals surface area contributed by atoms with Gasteiger partial charge in [0, 0.05) is 33.6 Å². The Morgan fingerprint density at radius 3 is 0.406 bits per heavy atom. The third-order valence-electron chi connectivity index (χ3n) is 2.42. The molecule has 18 nitrogen and oxygen atoms in total. The molecule has 0 amide bonds. The number of carbonyl (C=O) groups is 6. The first-order chi connectivity index (χ1) is 13.4. The number of carboxylic acids is 6. The Labute approximate surface area is 196 Å². The second-order valence-electron chi connectivity index (χ2n) is 4.70. The van der Waals surface area contributed by atoms with Crippen molar-refractivity contribution in [2.24, 2.45) is 0 Å². The molecule has 192 valence electrons. The van der Waals surface area contributed by atoms with E-state index in [0.29, 0.717) is 0 Å². The van der Waals surface area contributed by atoms with Gasteiger partial charge in [-0.2, -0.15) is 0 Å². The summed E-state index contributed by atoms with van der Waals surface area (Å²) in [5.41, 5.74) is 0. The van der Waals surface area contributed by atoms with Crippen LogP contribution in [0.1, 0.15) is 0 Å². The van der Waals surface area contributed by atoms with Crippen LogP contribution in [-0.4, -0.2) is 134 Å². The van der Waals surface area contributed by atoms with E-state index in [4.69, 9.17) is 61.3 Å². The van der Waals surface area contributed by atoms with Crippen LogP contribution >= 0.6 is 0 Å². The summed E-state index contributed by atoms with van der Waals surface area (Å²) in [5.74, 6) is -10.6. The Balaban J connectivity index is -0.000000110. The molecule has 0 fully saturated rings. The molecule has 32 heavy (non-hydrogen) atoms. The molecule has 0 aromatic rings. The fourth-order valence-corrected chi connectivity index (χ4v) is 0.810. The molecule has 0 aliphatic heterocycles. The predicted molar refractivity (Wildman–Crippen MR) is 81.9 cm³/mol. The minimum absolute atomic E-state index is 0. The van der Waals surface area contributed by atoms with Gasteiger partial charge in [-0.3, -0.25) is 0 Å². The van der Waals surface area contributed by atoms with E-state index in [1.165, 1.54) is 0 Å². The van der Waals surface area contributed by atoms with Crippen molar-refractivity contribution in [1.29, 1.82) is 0 Å². The van der Waals surface area contributed by atoms with Gasteiger partial charge in [0.2, 0.25) is 0 Å². The van der Waals surface area contributed by atoms with Crippen molar-refractivity contribution in [2.45, 2.75) is 36.6 Å². The SMILES string of the molecule is O=C(O)C(O)C(O)C(=O)O.O=C(O)C(O)C(O)C(=O)O.O=C(O)C(O)C(O)C(=O)O.[Co].[Co]. The molecule has 2 radical (unpaired) electrons. The summed E-state index contributed by atoms with van der Waals surface area (Å²) in [6.07, 6.45) is -13.6. The van der Waals surface area contributed by atoms with Crippen molar-refractivity contribution >= 4 is 35.8 Å². The molecule has 6 atom stereocenters. The maximum atomic E-state index is 9.77. The molecule has 0 aliphatic carbocycles. The van der Waals surface area contributed by atoms with Gasteiger partial charge in [0.25, 0.3) is 0 Å². The van der Waals surface area contributed by atoms with Gasteiger partial charge in [-0.15, -0.1) is 0 Å². The van der Waals surface area contributed by atoms with Gasteiger partial charge in [-0.1, -0.05) is 0 Å². The van der Waals surface area contributed by atoms with Gasteiger partial charge in [-0.05, 0) is 0 Å². The van der Waals surface area contributed by atoms with Crippen molar-refractivity contribution in [1.82, 2.24) is 0 Å². The van der Waals surface area contributed by atoms with Crippen LogP contribution in [0.2, 0.25) is 0 Å². The first kappa shape index (κ1) is 40.0. The van der Waals surface area contributed by atoms with Gasteiger partial charge < -0.3 is 61.3 Å². The van der Waals surface area contributed by atoms with E-state index in [-0.39, 0.29) is 33.6 Å². The molecule has 0 aromatic carbocycles. The van der Waals surface area contributed by atoms with Crippen LogP contribution in [0.5, 0.6) is 0 Å². The topological polar surface area (TPSA) is 345 Å². The zero-order valence-electron chi connectivity index (χ0n) is 14.9. The Morgan fingerprint density at radius 2 is 0.375 bits per heavy atom. The fraction of sp³-hybridized carbons (Fsp3) is 0.500. The Morgan fingerprint density at radius 1 is 0.312 bits per heavy atom. The van der Waals surface area contributed by atoms with E-state index in [1.54, 1.807) is 0 Å². The number of hydrogen-bond acceptors (Lipinski definition) is 12. The van der Waals surface area contributed by atoms with Gasteiger partial charge in [0.05, 0.1) is 0 Å². The van der Waals surface area contributed by atoms with Crippen LogP contribution in [0.3, 0.4) is 0 Å². The molecule has 6 unspecified atom stereocenters. The summed E-state index contributed by atoms with van der Waals surface area (Å²) in [6, 6.07) is 0. The maximum Gasteiger partial charge on any atom is 0.335 e. The van der Waals surface area contributed by atoms with E-state index >= 15 is 0 Å². The van der Waals surface area contributed by atoms with Crippen LogP contribution in [0.4, 0.5) is 0 Å². The van der Waals surface area contributed by atoms with E-state index in [9.17, 15) is 28.8 Å². The summed E-state index contributed by atoms with van der Waals surface area (Å²) in [4.78, 5) is 58.6. The molecule has 0 rings (SSSR count). The normalized spacial score (nSPS) is 14.8. The van der Waals surface area contributed by atoms with Crippen molar-refractivity contribution < 1.29 is 124 Å². The van der Waals surface area contributed by atoms with Crippen molar-refractivity contribution in [3.8, 4) is 0 Å². The van der Waals surface area contributed by atoms with Crippen LogP contribution in [0, 0.1) is 0 Å². The number of aliphatic carboxylic acids is 6. The minimum atomic E-state index is -2.27. The largest absolute Gasteiger partial charge is 0.479 e. The Bertz CT molecular complexity index is 498. The monoisotopic (exact) mass is 568 g/mol. The third kappa shape index (κ3) is 17.3. The number of rotatable bonds is 9. The van der Waals surface area contributed by atoms with Crippen molar-refractivity contribution in [3.63, 3.8) is 0 Å². The summed E-state index contributed by atoms with van der Waals surface area (Å²) >= 11 is 0. The average molecular weight is 568 g/mol. The summed E-state index contributed by atoms with van der Waals surface area (Å²) in [7, 11) is 0. The fourth-order valence-electron chi connectivity index (χ4n) is 0.810. The first-order valence-electron chi connectivity index (χ1n) is 6.85. The van der Waals surface area contributed by atoms with E-state index in [2.05, 4.69) is 0 Å². The van der Waals surface area contributed by atoms with Crippen molar-refractivity contribution in [2.75, 3.05) is 0 Å². The number of hydrogen-bond donors (Lipinski definition) is 12. The Kier molecular flexibility index (Phi) is 24.1. The third-order valence-corrected chi connectivity index (χ3v) is 2.42. The number of aliphatic hydroxyl groups is 6. The van der Waals surface area contributed by atoms with Crippen LogP contribution in [0.25, 0.3) is 0 Å². The molecular formula is C12H18Co2O18. The predicted octanol–water partition coefficient (Wildman–Crippen LogP) is -6.37. The summed E-state index contributed by atoms with van der Waals surface area (Å²) in [6.45, 7) is 0. The first-order valence-corrected chi connectivity index (χ1v) is 6.85. The molecule has 20 heteroatoms. The van der Waals surface area contributed by atoms with E-state index in [1.807, 2.05) is 0 Å². The maximum absolute atomic E-state index is 9.77. The molecule has 12 N–H and O–H groups in total. The van der Waals surface area contributed by atoms with Crippen molar-refractivity contribution in [3.05, 3.63) is 0 Å². The molecule has 0 bridgehead atoms. The average Bonchev–Trinajstić information content (AvgIpc) is 2.64. The van der Waals surface area contributed by atoms with Crippen LogP contribution in [-0.2, 0) is 62.3 Å². The smallest absolute Gasteiger partial charge is 0.335 e. The molecular weight excluding hydrogens is 550 g/mol. The zero-order chi connectivity index (χ0) is 24.9. The standard InChI is InChI=1S/3C4H6O6.2Co/c3*5-1(3(7)8)2(6)4(9)10;;/h3*1-2,5-6H,(H,7,8)(H,9,10);;. The number of carboxylic acid groups (broad SMARTS) is 6. The molecule has 0 saturated carbocycles. The van der Waals surface area contributed by atoms with E-state index in [0.717, 1.165) is 0 Å². The number of aliphatic hydroxyl groups excluding tert-OH is 6. The molecule has 0 spiro atoms. The summed E-state index contributed by atoms with van der Waals surface area (Å²) < 4.78 is 0. The van der Waals surface area contributed by atoms with Crippen LogP contribution in [0.15, 0.2) is 0 Å². The Hall–Kier alpha value is -2.41.